The average Bonchev–Trinajstić information content (AvgIpc) is 2.73. The first-order valence-electron chi connectivity index (χ1n) is 6.62. The summed E-state index contributed by atoms with van der Waals surface area (Å²) in [4.78, 5) is 0. The maximum atomic E-state index is 6.28. The van der Waals surface area contributed by atoms with Gasteiger partial charge in [0.15, 0.2) is 0 Å². The molecule has 104 valence electrons. The third-order valence-electron chi connectivity index (χ3n) is 3.70. The van der Waals surface area contributed by atoms with Crippen LogP contribution >= 0.6 is 0 Å². The fraction of sp³-hybridized carbons (Fsp3) is 0.571. The third-order valence-corrected chi connectivity index (χ3v) is 3.70. The first-order chi connectivity index (χ1) is 8.88. The minimum atomic E-state index is 0.0939. The zero-order valence-electron chi connectivity index (χ0n) is 12.4. The normalized spacial score (nSPS) is 12.9. The summed E-state index contributed by atoms with van der Waals surface area (Å²) in [6.45, 7) is 6.14. The molecule has 0 amide bonds. The number of hydrogen-bond donors (Lipinski definition) is 1. The van der Waals surface area contributed by atoms with E-state index in [0.717, 1.165) is 24.2 Å². The molecule has 2 aromatic heterocycles. The van der Waals surface area contributed by atoms with Crippen LogP contribution in [0.2, 0.25) is 0 Å². The van der Waals surface area contributed by atoms with Crippen LogP contribution in [0.4, 0.5) is 0 Å². The fourth-order valence-electron chi connectivity index (χ4n) is 2.57. The summed E-state index contributed by atoms with van der Waals surface area (Å²) in [5, 5.41) is 8.79. The predicted octanol–water partition coefficient (Wildman–Crippen LogP) is 1.19. The summed E-state index contributed by atoms with van der Waals surface area (Å²) >= 11 is 0. The van der Waals surface area contributed by atoms with Crippen molar-refractivity contribution < 1.29 is 0 Å². The first kappa shape index (κ1) is 13.8. The van der Waals surface area contributed by atoms with Gasteiger partial charge in [-0.1, -0.05) is 0 Å². The molecule has 19 heavy (non-hydrogen) atoms. The van der Waals surface area contributed by atoms with E-state index in [0.29, 0.717) is 0 Å². The van der Waals surface area contributed by atoms with Gasteiger partial charge < -0.3 is 5.73 Å². The summed E-state index contributed by atoms with van der Waals surface area (Å²) < 4.78 is 3.84. The van der Waals surface area contributed by atoms with Crippen LogP contribution in [0.1, 0.15) is 28.3 Å². The minimum absolute atomic E-state index is 0.0939. The number of nitrogens with two attached hydrogens (primary N) is 1. The maximum Gasteiger partial charge on any atom is 0.0628 e. The number of aryl methyl sites for hydroxylation is 4. The topological polar surface area (TPSA) is 61.7 Å². The first-order valence-corrected chi connectivity index (χ1v) is 6.62. The van der Waals surface area contributed by atoms with Crippen molar-refractivity contribution in [1.29, 1.82) is 0 Å². The van der Waals surface area contributed by atoms with Crippen molar-refractivity contribution in [3.63, 3.8) is 0 Å². The smallest absolute Gasteiger partial charge is 0.0628 e. The van der Waals surface area contributed by atoms with Gasteiger partial charge in [0.05, 0.1) is 11.4 Å². The largest absolute Gasteiger partial charge is 0.327 e. The molecule has 5 nitrogen and oxygen atoms in total. The second-order valence-electron chi connectivity index (χ2n) is 5.34. The highest BCUT2D eigenvalue weighted by Crippen LogP contribution is 2.15. The lowest BCUT2D eigenvalue weighted by Crippen LogP contribution is -2.27. The highest BCUT2D eigenvalue weighted by atomic mass is 15.3. The van der Waals surface area contributed by atoms with E-state index in [1.165, 1.54) is 17.0 Å². The van der Waals surface area contributed by atoms with Crippen LogP contribution in [-0.4, -0.2) is 25.6 Å². The SMILES string of the molecule is Cc1cc(CC(N)Cc2c(C)nn(C)c2C)n(C)n1. The summed E-state index contributed by atoms with van der Waals surface area (Å²) in [6.07, 6.45) is 1.70. The van der Waals surface area contributed by atoms with Gasteiger partial charge in [-0.05, 0) is 38.8 Å². The van der Waals surface area contributed by atoms with Crippen molar-refractivity contribution in [3.05, 3.63) is 34.4 Å². The van der Waals surface area contributed by atoms with Gasteiger partial charge in [-0.3, -0.25) is 9.36 Å². The van der Waals surface area contributed by atoms with E-state index >= 15 is 0 Å². The molecule has 2 rings (SSSR count). The van der Waals surface area contributed by atoms with Crippen molar-refractivity contribution in [1.82, 2.24) is 19.6 Å². The molecule has 0 fully saturated rings. The molecule has 0 bridgehead atoms. The lowest BCUT2D eigenvalue weighted by atomic mass is 10.0. The lowest BCUT2D eigenvalue weighted by molar-refractivity contribution is 0.609. The predicted molar refractivity (Wildman–Crippen MR) is 76.0 cm³/mol. The Bertz CT molecular complexity index is 579. The highest BCUT2D eigenvalue weighted by molar-refractivity contribution is 5.25. The second kappa shape index (κ2) is 5.17. The maximum absolute atomic E-state index is 6.28. The molecule has 2 N–H and O–H groups in total. The molecular formula is C14H23N5. The Morgan fingerprint density at radius 2 is 1.79 bits per heavy atom. The number of aromatic nitrogens is 4. The van der Waals surface area contributed by atoms with Crippen molar-refractivity contribution in [2.75, 3.05) is 0 Å². The molecule has 5 heteroatoms. The summed E-state index contributed by atoms with van der Waals surface area (Å²) in [5.74, 6) is 0. The van der Waals surface area contributed by atoms with E-state index < -0.39 is 0 Å². The van der Waals surface area contributed by atoms with Crippen molar-refractivity contribution in [3.8, 4) is 0 Å². The van der Waals surface area contributed by atoms with E-state index in [1.807, 2.05) is 37.3 Å². The Morgan fingerprint density at radius 1 is 1.11 bits per heavy atom. The minimum Gasteiger partial charge on any atom is -0.327 e. The standard InChI is InChI=1S/C14H23N5/c1-9-6-13(19(5)16-9)7-12(15)8-14-10(2)17-18(4)11(14)3/h6,12H,7-8,15H2,1-5H3. The van der Waals surface area contributed by atoms with E-state index in [4.69, 9.17) is 5.73 Å². The van der Waals surface area contributed by atoms with Gasteiger partial charge >= 0.3 is 0 Å². The van der Waals surface area contributed by atoms with Crippen LogP contribution in [0.25, 0.3) is 0 Å². The van der Waals surface area contributed by atoms with E-state index in [2.05, 4.69) is 23.2 Å². The van der Waals surface area contributed by atoms with Gasteiger partial charge in [0.25, 0.3) is 0 Å². The molecule has 0 radical (unpaired) electrons. The van der Waals surface area contributed by atoms with Crippen molar-refractivity contribution in [2.45, 2.75) is 39.7 Å². The van der Waals surface area contributed by atoms with Crippen LogP contribution in [0, 0.1) is 20.8 Å². The Labute approximate surface area is 114 Å². The van der Waals surface area contributed by atoms with Gasteiger partial charge in [-0.25, -0.2) is 0 Å². The molecule has 0 saturated heterocycles. The van der Waals surface area contributed by atoms with Gasteiger partial charge in [0, 0.05) is 37.9 Å². The average molecular weight is 261 g/mol. The Kier molecular flexibility index (Phi) is 3.75. The third kappa shape index (κ3) is 2.87. The van der Waals surface area contributed by atoms with Crippen LogP contribution in [0.15, 0.2) is 6.07 Å². The molecule has 2 heterocycles. The molecule has 0 aliphatic carbocycles. The van der Waals surface area contributed by atoms with Crippen LogP contribution in [0.5, 0.6) is 0 Å². The summed E-state index contributed by atoms with van der Waals surface area (Å²) in [5.41, 5.74) is 12.1. The van der Waals surface area contributed by atoms with Crippen molar-refractivity contribution in [2.24, 2.45) is 19.8 Å². The van der Waals surface area contributed by atoms with E-state index in [1.54, 1.807) is 0 Å². The highest BCUT2D eigenvalue weighted by Gasteiger charge is 2.15. The molecule has 1 atom stereocenters. The molecule has 1 unspecified atom stereocenters. The van der Waals surface area contributed by atoms with Crippen molar-refractivity contribution >= 4 is 0 Å². The molecule has 2 aromatic rings. The Balaban J connectivity index is 2.09. The van der Waals surface area contributed by atoms with Gasteiger partial charge in [-0.15, -0.1) is 0 Å². The fourth-order valence-corrected chi connectivity index (χ4v) is 2.57. The summed E-state index contributed by atoms with van der Waals surface area (Å²) in [7, 11) is 3.94. The monoisotopic (exact) mass is 261 g/mol. The molecule has 0 aliphatic heterocycles. The van der Waals surface area contributed by atoms with Gasteiger partial charge in [-0.2, -0.15) is 10.2 Å². The lowest BCUT2D eigenvalue weighted by Gasteiger charge is -2.12. The van der Waals surface area contributed by atoms with Crippen LogP contribution in [0.3, 0.4) is 0 Å². The van der Waals surface area contributed by atoms with Gasteiger partial charge in [0.1, 0.15) is 0 Å². The van der Waals surface area contributed by atoms with E-state index in [9.17, 15) is 0 Å². The molecule has 0 aliphatic rings. The molecule has 0 spiro atoms. The zero-order chi connectivity index (χ0) is 14.2. The molecular weight excluding hydrogens is 238 g/mol. The second-order valence-corrected chi connectivity index (χ2v) is 5.34. The number of hydrogen-bond acceptors (Lipinski definition) is 3. The van der Waals surface area contributed by atoms with Gasteiger partial charge in [0.2, 0.25) is 0 Å². The zero-order valence-corrected chi connectivity index (χ0v) is 12.4. The molecule has 0 saturated carbocycles. The molecule has 0 aromatic carbocycles. The Hall–Kier alpha value is -1.62. The summed E-state index contributed by atoms with van der Waals surface area (Å²) in [6, 6.07) is 2.19. The quantitative estimate of drug-likeness (QED) is 0.899. The number of nitrogens with zero attached hydrogens (tertiary/aromatic N) is 4. The van der Waals surface area contributed by atoms with E-state index in [-0.39, 0.29) is 6.04 Å². The Morgan fingerprint density at radius 3 is 2.26 bits per heavy atom. The van der Waals surface area contributed by atoms with Crippen LogP contribution in [-0.2, 0) is 26.9 Å². The number of rotatable bonds is 4. The van der Waals surface area contributed by atoms with Crippen LogP contribution < -0.4 is 5.73 Å².